The second-order valence-corrected chi connectivity index (χ2v) is 4.17. The summed E-state index contributed by atoms with van der Waals surface area (Å²) in [6.07, 6.45) is 2.69. The zero-order valence-corrected chi connectivity index (χ0v) is 7.16. The van der Waals surface area contributed by atoms with Crippen LogP contribution in [0.4, 0.5) is 0 Å². The minimum absolute atomic E-state index is 0.420. The van der Waals surface area contributed by atoms with Crippen LogP contribution in [0.15, 0.2) is 0 Å². The first kappa shape index (κ1) is 7.56. The van der Waals surface area contributed by atoms with Crippen LogP contribution in [0.25, 0.3) is 0 Å². The van der Waals surface area contributed by atoms with E-state index in [0.29, 0.717) is 12.5 Å². The Morgan fingerprint density at radius 3 is 2.27 bits per heavy atom. The molecular weight excluding hydrogens is 138 g/mol. The Labute approximate surface area is 68.2 Å². The maximum absolute atomic E-state index is 9.14. The summed E-state index contributed by atoms with van der Waals surface area (Å²) in [5, 5.41) is 9.14. The lowest BCUT2D eigenvalue weighted by Gasteiger charge is -2.34. The van der Waals surface area contributed by atoms with Gasteiger partial charge in [0.2, 0.25) is 0 Å². The number of aliphatic hydroxyl groups is 1. The third-order valence-corrected chi connectivity index (χ3v) is 3.42. The summed E-state index contributed by atoms with van der Waals surface area (Å²) in [5.41, 5.74) is 0. The highest BCUT2D eigenvalue weighted by molar-refractivity contribution is 4.91. The van der Waals surface area contributed by atoms with Gasteiger partial charge in [0, 0.05) is 19.7 Å². The van der Waals surface area contributed by atoms with Crippen molar-refractivity contribution in [2.24, 2.45) is 17.8 Å². The van der Waals surface area contributed by atoms with E-state index in [1.54, 1.807) is 0 Å². The van der Waals surface area contributed by atoms with E-state index < -0.39 is 0 Å². The zero-order valence-electron chi connectivity index (χ0n) is 7.16. The van der Waals surface area contributed by atoms with E-state index in [4.69, 9.17) is 5.11 Å². The van der Waals surface area contributed by atoms with E-state index in [1.165, 1.54) is 25.9 Å². The Morgan fingerprint density at radius 2 is 1.82 bits per heavy atom. The molecular formula is C9H17NO. The van der Waals surface area contributed by atoms with Crippen LogP contribution in [0.1, 0.15) is 12.8 Å². The molecule has 1 saturated heterocycles. The van der Waals surface area contributed by atoms with Crippen molar-refractivity contribution in [2.75, 3.05) is 26.7 Å². The summed E-state index contributed by atoms with van der Waals surface area (Å²) in [5.74, 6) is 2.22. The molecule has 0 aromatic carbocycles. The standard InChI is InChI=1S/C9H17NO/c1-10-4-7-2-3-8(5-10)9(7)6-11/h7-9,11H,2-6H2,1H3. The van der Waals surface area contributed by atoms with Crippen molar-refractivity contribution in [1.82, 2.24) is 4.90 Å². The molecule has 1 saturated carbocycles. The molecule has 2 rings (SSSR count). The third kappa shape index (κ3) is 1.18. The average Bonchev–Trinajstić information content (AvgIpc) is 2.23. The lowest BCUT2D eigenvalue weighted by molar-refractivity contribution is 0.0806. The van der Waals surface area contributed by atoms with Crippen LogP contribution in [-0.2, 0) is 0 Å². The van der Waals surface area contributed by atoms with Gasteiger partial charge in [-0.1, -0.05) is 0 Å². The molecule has 0 aromatic rings. The van der Waals surface area contributed by atoms with Crippen LogP contribution in [0.5, 0.6) is 0 Å². The van der Waals surface area contributed by atoms with Gasteiger partial charge in [-0.15, -0.1) is 0 Å². The maximum atomic E-state index is 9.14. The molecule has 2 aliphatic rings. The number of likely N-dealkylation sites (tertiary alicyclic amines) is 1. The molecule has 1 N–H and O–H groups in total. The molecule has 2 atom stereocenters. The van der Waals surface area contributed by atoms with Gasteiger partial charge in [-0.2, -0.15) is 0 Å². The number of fused-ring (bicyclic) bond motifs is 2. The molecule has 2 bridgehead atoms. The molecule has 1 heterocycles. The number of hydrogen-bond acceptors (Lipinski definition) is 2. The second kappa shape index (κ2) is 2.76. The van der Waals surface area contributed by atoms with Crippen molar-refractivity contribution >= 4 is 0 Å². The topological polar surface area (TPSA) is 23.5 Å². The lowest BCUT2D eigenvalue weighted by atomic mass is 9.86. The molecule has 64 valence electrons. The van der Waals surface area contributed by atoms with Gasteiger partial charge in [-0.3, -0.25) is 0 Å². The lowest BCUT2D eigenvalue weighted by Crippen LogP contribution is -2.40. The summed E-state index contributed by atoms with van der Waals surface area (Å²) in [6, 6.07) is 0. The minimum Gasteiger partial charge on any atom is -0.396 e. The number of aliphatic hydroxyl groups excluding tert-OH is 1. The van der Waals surface area contributed by atoms with Crippen LogP contribution in [0, 0.1) is 17.8 Å². The average molecular weight is 155 g/mol. The van der Waals surface area contributed by atoms with Gasteiger partial charge < -0.3 is 10.0 Å². The van der Waals surface area contributed by atoms with Crippen LogP contribution < -0.4 is 0 Å². The fourth-order valence-corrected chi connectivity index (χ4v) is 2.87. The van der Waals surface area contributed by atoms with Gasteiger partial charge in [0.25, 0.3) is 0 Å². The molecule has 0 amide bonds. The first-order chi connectivity index (χ1) is 5.31. The van der Waals surface area contributed by atoms with Crippen LogP contribution in [0.2, 0.25) is 0 Å². The minimum atomic E-state index is 0.420. The van der Waals surface area contributed by atoms with E-state index in [9.17, 15) is 0 Å². The SMILES string of the molecule is CN1CC2CCC(C1)C2CO. The Kier molecular flexibility index (Phi) is 1.90. The van der Waals surface area contributed by atoms with Gasteiger partial charge >= 0.3 is 0 Å². The van der Waals surface area contributed by atoms with Crippen LogP contribution in [-0.4, -0.2) is 36.8 Å². The van der Waals surface area contributed by atoms with Gasteiger partial charge in [-0.05, 0) is 37.6 Å². The summed E-state index contributed by atoms with van der Waals surface area (Å²) >= 11 is 0. The Hall–Kier alpha value is -0.0800. The van der Waals surface area contributed by atoms with Gasteiger partial charge in [-0.25, -0.2) is 0 Å². The highest BCUT2D eigenvalue weighted by Gasteiger charge is 2.40. The summed E-state index contributed by atoms with van der Waals surface area (Å²) in [6.45, 7) is 2.84. The van der Waals surface area contributed by atoms with E-state index in [2.05, 4.69) is 11.9 Å². The predicted octanol–water partition coefficient (Wildman–Crippen LogP) is 0.567. The first-order valence-corrected chi connectivity index (χ1v) is 4.60. The maximum Gasteiger partial charge on any atom is 0.0465 e. The number of hydrogen-bond donors (Lipinski definition) is 1. The van der Waals surface area contributed by atoms with E-state index >= 15 is 0 Å². The van der Waals surface area contributed by atoms with Crippen molar-refractivity contribution in [3.8, 4) is 0 Å². The molecule has 2 heteroatoms. The van der Waals surface area contributed by atoms with Crippen molar-refractivity contribution in [1.29, 1.82) is 0 Å². The number of rotatable bonds is 1. The molecule has 11 heavy (non-hydrogen) atoms. The van der Waals surface area contributed by atoms with E-state index in [0.717, 1.165) is 11.8 Å². The normalized spacial score (nSPS) is 44.7. The summed E-state index contributed by atoms with van der Waals surface area (Å²) in [7, 11) is 2.19. The fourth-order valence-electron chi connectivity index (χ4n) is 2.87. The Bertz CT molecular complexity index is 134. The Morgan fingerprint density at radius 1 is 1.27 bits per heavy atom. The van der Waals surface area contributed by atoms with E-state index in [1.807, 2.05) is 0 Å². The van der Waals surface area contributed by atoms with Crippen molar-refractivity contribution in [2.45, 2.75) is 12.8 Å². The number of piperidine rings is 1. The molecule has 2 unspecified atom stereocenters. The molecule has 0 spiro atoms. The van der Waals surface area contributed by atoms with Gasteiger partial charge in [0.15, 0.2) is 0 Å². The Balaban J connectivity index is 2.06. The molecule has 1 aliphatic carbocycles. The van der Waals surface area contributed by atoms with Gasteiger partial charge in [0.05, 0.1) is 0 Å². The highest BCUT2D eigenvalue weighted by atomic mass is 16.3. The quantitative estimate of drug-likeness (QED) is 0.598. The summed E-state index contributed by atoms with van der Waals surface area (Å²) in [4.78, 5) is 2.41. The number of nitrogens with zero attached hydrogens (tertiary/aromatic N) is 1. The second-order valence-electron chi connectivity index (χ2n) is 4.17. The predicted molar refractivity (Wildman–Crippen MR) is 44.3 cm³/mol. The smallest absolute Gasteiger partial charge is 0.0465 e. The van der Waals surface area contributed by atoms with Crippen LogP contribution >= 0.6 is 0 Å². The fraction of sp³-hybridized carbons (Fsp3) is 1.00. The van der Waals surface area contributed by atoms with Crippen molar-refractivity contribution < 1.29 is 5.11 Å². The third-order valence-electron chi connectivity index (χ3n) is 3.42. The zero-order chi connectivity index (χ0) is 7.84. The van der Waals surface area contributed by atoms with Crippen molar-refractivity contribution in [3.05, 3.63) is 0 Å². The summed E-state index contributed by atoms with van der Waals surface area (Å²) < 4.78 is 0. The van der Waals surface area contributed by atoms with E-state index in [-0.39, 0.29) is 0 Å². The van der Waals surface area contributed by atoms with Gasteiger partial charge in [0.1, 0.15) is 0 Å². The monoisotopic (exact) mass is 155 g/mol. The molecule has 2 nitrogen and oxygen atoms in total. The van der Waals surface area contributed by atoms with Crippen LogP contribution in [0.3, 0.4) is 0 Å². The molecule has 2 fully saturated rings. The molecule has 0 radical (unpaired) electrons. The molecule has 0 aromatic heterocycles. The highest BCUT2D eigenvalue weighted by Crippen LogP contribution is 2.40. The largest absolute Gasteiger partial charge is 0.396 e. The van der Waals surface area contributed by atoms with Crippen molar-refractivity contribution in [3.63, 3.8) is 0 Å². The first-order valence-electron chi connectivity index (χ1n) is 4.60. The molecule has 1 aliphatic heterocycles.